The molecule has 1 saturated carbocycles. The summed E-state index contributed by atoms with van der Waals surface area (Å²) in [5, 5.41) is 8.86. The van der Waals surface area contributed by atoms with Crippen molar-refractivity contribution in [2.24, 2.45) is 5.92 Å². The number of hydrogen-bond donors (Lipinski definition) is 1. The molecule has 0 bridgehead atoms. The average molecular weight is 251 g/mol. The second-order valence-corrected chi connectivity index (χ2v) is 4.55. The number of carboxylic acids is 1. The van der Waals surface area contributed by atoms with E-state index < -0.39 is 30.1 Å². The molecule has 0 aromatic carbocycles. The van der Waals surface area contributed by atoms with Crippen molar-refractivity contribution >= 4 is 11.9 Å². The molecule has 0 unspecified atom stereocenters. The van der Waals surface area contributed by atoms with E-state index in [2.05, 4.69) is 0 Å². The Bertz CT molecular complexity index is 351. The maximum absolute atomic E-state index is 12.4. The highest BCUT2D eigenvalue weighted by Gasteiger charge is 2.54. The second kappa shape index (κ2) is 3.89. The third-order valence-corrected chi connectivity index (χ3v) is 3.36. The maximum Gasteiger partial charge on any atom is 0.471 e. The Morgan fingerprint density at radius 2 is 1.71 bits per heavy atom. The van der Waals surface area contributed by atoms with Crippen molar-refractivity contribution in [3.8, 4) is 0 Å². The molecule has 0 aromatic rings. The van der Waals surface area contributed by atoms with Gasteiger partial charge in [-0.05, 0) is 31.6 Å². The molecule has 4 nitrogen and oxygen atoms in total. The lowest BCUT2D eigenvalue weighted by Gasteiger charge is -2.29. The molecule has 1 N–H and O–H groups in total. The number of nitrogens with zero attached hydrogens (tertiary/aromatic N) is 1. The van der Waals surface area contributed by atoms with Gasteiger partial charge in [-0.2, -0.15) is 13.2 Å². The van der Waals surface area contributed by atoms with Crippen LogP contribution in [0.15, 0.2) is 0 Å². The highest BCUT2D eigenvalue weighted by Crippen LogP contribution is 2.43. The first-order chi connectivity index (χ1) is 7.82. The zero-order chi connectivity index (χ0) is 12.8. The topological polar surface area (TPSA) is 57.6 Å². The summed E-state index contributed by atoms with van der Waals surface area (Å²) in [7, 11) is 0. The number of likely N-dealkylation sites (tertiary alicyclic amines) is 1. The van der Waals surface area contributed by atoms with E-state index >= 15 is 0 Å². The van der Waals surface area contributed by atoms with Gasteiger partial charge in [-0.15, -0.1) is 0 Å². The quantitative estimate of drug-likeness (QED) is 0.807. The fraction of sp³-hybridized carbons (Fsp3) is 0.800. The molecule has 2 aliphatic rings. The van der Waals surface area contributed by atoms with Gasteiger partial charge in [-0.3, -0.25) is 4.79 Å². The number of carbonyl (C=O) groups excluding carboxylic acids is 1. The Morgan fingerprint density at radius 3 is 2.12 bits per heavy atom. The lowest BCUT2D eigenvalue weighted by Crippen LogP contribution is -2.51. The molecule has 0 aromatic heterocycles. The van der Waals surface area contributed by atoms with Gasteiger partial charge < -0.3 is 10.0 Å². The largest absolute Gasteiger partial charge is 0.480 e. The number of rotatable bonds is 2. The van der Waals surface area contributed by atoms with Crippen molar-refractivity contribution in [1.29, 1.82) is 0 Å². The third kappa shape index (κ3) is 2.23. The van der Waals surface area contributed by atoms with E-state index in [0.29, 0.717) is 11.3 Å². The maximum atomic E-state index is 12.4. The molecule has 2 fully saturated rings. The van der Waals surface area contributed by atoms with Gasteiger partial charge in [0.15, 0.2) is 0 Å². The monoisotopic (exact) mass is 251 g/mol. The summed E-state index contributed by atoms with van der Waals surface area (Å²) in [6, 6.07) is -1.88. The highest BCUT2D eigenvalue weighted by molar-refractivity contribution is 5.88. The van der Waals surface area contributed by atoms with Crippen LogP contribution in [-0.2, 0) is 9.59 Å². The molecule has 1 heterocycles. The van der Waals surface area contributed by atoms with Crippen LogP contribution in [0.1, 0.15) is 25.7 Å². The van der Waals surface area contributed by atoms with Crippen LogP contribution in [0, 0.1) is 5.92 Å². The second-order valence-electron chi connectivity index (χ2n) is 4.55. The SMILES string of the molecule is O=C(O)[C@H]1CC[C@H](C2CC2)N1C(=O)C(F)(F)F. The van der Waals surface area contributed by atoms with Crippen molar-refractivity contribution in [3.63, 3.8) is 0 Å². The van der Waals surface area contributed by atoms with Crippen molar-refractivity contribution in [3.05, 3.63) is 0 Å². The van der Waals surface area contributed by atoms with E-state index in [1.807, 2.05) is 0 Å². The van der Waals surface area contributed by atoms with Crippen molar-refractivity contribution in [2.75, 3.05) is 0 Å². The van der Waals surface area contributed by atoms with Crippen LogP contribution in [0.5, 0.6) is 0 Å². The molecule has 2 atom stereocenters. The lowest BCUT2D eigenvalue weighted by atomic mass is 10.1. The number of alkyl halides is 3. The molecular formula is C10H12F3NO3. The van der Waals surface area contributed by atoms with Gasteiger partial charge >= 0.3 is 18.1 Å². The Kier molecular flexibility index (Phi) is 2.79. The van der Waals surface area contributed by atoms with E-state index in [1.165, 1.54) is 0 Å². The fourth-order valence-electron chi connectivity index (χ4n) is 2.46. The molecule has 7 heteroatoms. The minimum Gasteiger partial charge on any atom is -0.480 e. The molecule has 17 heavy (non-hydrogen) atoms. The predicted molar refractivity (Wildman–Crippen MR) is 50.1 cm³/mol. The van der Waals surface area contributed by atoms with E-state index in [-0.39, 0.29) is 12.3 Å². The average Bonchev–Trinajstić information content (AvgIpc) is 2.94. The van der Waals surface area contributed by atoms with Crippen LogP contribution in [0.3, 0.4) is 0 Å². The summed E-state index contributed by atoms with van der Waals surface area (Å²) < 4.78 is 37.2. The zero-order valence-electron chi connectivity index (χ0n) is 8.91. The van der Waals surface area contributed by atoms with E-state index in [9.17, 15) is 22.8 Å². The summed E-state index contributed by atoms with van der Waals surface area (Å²) in [6.07, 6.45) is -2.98. The van der Waals surface area contributed by atoms with Crippen molar-refractivity contribution < 1.29 is 27.9 Å². The summed E-state index contributed by atoms with van der Waals surface area (Å²) >= 11 is 0. The summed E-state index contributed by atoms with van der Waals surface area (Å²) in [4.78, 5) is 22.7. The first kappa shape index (κ1) is 12.2. The van der Waals surface area contributed by atoms with E-state index in [0.717, 1.165) is 12.8 Å². The van der Waals surface area contributed by atoms with Gasteiger partial charge in [0.2, 0.25) is 0 Å². The minimum absolute atomic E-state index is 0.0469. The standard InChI is InChI=1S/C10H12F3NO3/c11-10(12,13)9(17)14-6(5-1-2-5)3-4-7(14)8(15)16/h5-7H,1-4H2,(H,15,16)/t6-,7-/m1/s1. The normalized spacial score (nSPS) is 29.5. The molecule has 1 aliphatic carbocycles. The third-order valence-electron chi connectivity index (χ3n) is 3.36. The minimum atomic E-state index is -4.99. The van der Waals surface area contributed by atoms with Gasteiger partial charge in [0.1, 0.15) is 6.04 Å². The molecule has 96 valence electrons. The van der Waals surface area contributed by atoms with Crippen LogP contribution in [0.2, 0.25) is 0 Å². The van der Waals surface area contributed by atoms with Gasteiger partial charge in [-0.1, -0.05) is 0 Å². The summed E-state index contributed by atoms with van der Waals surface area (Å²) in [5.41, 5.74) is 0. The highest BCUT2D eigenvalue weighted by atomic mass is 19.4. The molecule has 2 rings (SSSR count). The number of hydrogen-bond acceptors (Lipinski definition) is 2. The number of aliphatic carboxylic acids is 1. The van der Waals surface area contributed by atoms with Crippen LogP contribution >= 0.6 is 0 Å². The molecule has 1 amide bonds. The van der Waals surface area contributed by atoms with Crippen LogP contribution in [0.25, 0.3) is 0 Å². The van der Waals surface area contributed by atoms with E-state index in [4.69, 9.17) is 5.11 Å². The Balaban J connectivity index is 2.22. The number of carbonyl (C=O) groups is 2. The molecule has 1 aliphatic heterocycles. The summed E-state index contributed by atoms with van der Waals surface area (Å²) in [6.45, 7) is 0. The van der Waals surface area contributed by atoms with Crippen molar-refractivity contribution in [1.82, 2.24) is 4.90 Å². The van der Waals surface area contributed by atoms with Gasteiger partial charge in [-0.25, -0.2) is 4.79 Å². The fourth-order valence-corrected chi connectivity index (χ4v) is 2.46. The van der Waals surface area contributed by atoms with Crippen LogP contribution < -0.4 is 0 Å². The van der Waals surface area contributed by atoms with Gasteiger partial charge in [0.05, 0.1) is 0 Å². The first-order valence-electron chi connectivity index (χ1n) is 5.44. The molecule has 0 spiro atoms. The number of amides is 1. The van der Waals surface area contributed by atoms with E-state index in [1.54, 1.807) is 0 Å². The lowest BCUT2D eigenvalue weighted by molar-refractivity contribution is -0.190. The van der Waals surface area contributed by atoms with Crippen molar-refractivity contribution in [2.45, 2.75) is 43.9 Å². The van der Waals surface area contributed by atoms with Crippen LogP contribution in [0.4, 0.5) is 13.2 Å². The number of halogens is 3. The Hall–Kier alpha value is -1.27. The zero-order valence-corrected chi connectivity index (χ0v) is 8.91. The first-order valence-corrected chi connectivity index (χ1v) is 5.44. The smallest absolute Gasteiger partial charge is 0.471 e. The Morgan fingerprint density at radius 1 is 1.12 bits per heavy atom. The Labute approximate surface area is 95.4 Å². The summed E-state index contributed by atoms with van der Waals surface area (Å²) in [5.74, 6) is -3.32. The molecule has 0 radical (unpaired) electrons. The van der Waals surface area contributed by atoms with Gasteiger partial charge in [0.25, 0.3) is 0 Å². The van der Waals surface area contributed by atoms with Crippen LogP contribution in [-0.4, -0.2) is 40.1 Å². The molecular weight excluding hydrogens is 239 g/mol. The predicted octanol–water partition coefficient (Wildman–Crippen LogP) is 1.40. The van der Waals surface area contributed by atoms with Gasteiger partial charge in [0, 0.05) is 6.04 Å². The molecule has 1 saturated heterocycles. The number of carboxylic acid groups (broad SMARTS) is 1.